The molecule has 0 fully saturated rings. The number of hydrogen-bond acceptors (Lipinski definition) is 4. The number of aromatic carboxylic acids is 1. The second kappa shape index (κ2) is 7.70. The Balaban J connectivity index is 1.50. The van der Waals surface area contributed by atoms with E-state index in [9.17, 15) is 14.4 Å². The quantitative estimate of drug-likeness (QED) is 0.844. The van der Waals surface area contributed by atoms with Crippen molar-refractivity contribution in [3.63, 3.8) is 0 Å². The van der Waals surface area contributed by atoms with Gasteiger partial charge in [-0.3, -0.25) is 9.59 Å². The van der Waals surface area contributed by atoms with Crippen molar-refractivity contribution in [1.29, 1.82) is 0 Å². The third kappa shape index (κ3) is 4.11. The minimum atomic E-state index is -0.999. The third-order valence-corrected chi connectivity index (χ3v) is 5.49. The molecule has 0 atom stereocenters. The fraction of sp³-hybridized carbons (Fsp3) is 0.316. The highest BCUT2D eigenvalue weighted by Crippen LogP contribution is 2.24. The molecule has 136 valence electrons. The van der Waals surface area contributed by atoms with Gasteiger partial charge in [-0.05, 0) is 54.1 Å². The van der Waals surface area contributed by atoms with Crippen LogP contribution < -0.4 is 5.32 Å². The molecule has 0 bridgehead atoms. The Morgan fingerprint density at radius 2 is 2.04 bits per heavy atom. The van der Waals surface area contributed by atoms with Crippen LogP contribution in [0.5, 0.6) is 0 Å². The van der Waals surface area contributed by atoms with Crippen LogP contribution in [0, 0.1) is 6.92 Å². The summed E-state index contributed by atoms with van der Waals surface area (Å²) in [7, 11) is 0. The summed E-state index contributed by atoms with van der Waals surface area (Å²) in [5.41, 5.74) is 2.52. The molecule has 2 aromatic rings. The summed E-state index contributed by atoms with van der Waals surface area (Å²) in [4.78, 5) is 38.6. The highest BCUT2D eigenvalue weighted by atomic mass is 32.1. The van der Waals surface area contributed by atoms with Crippen LogP contribution in [0.1, 0.15) is 39.2 Å². The molecule has 0 radical (unpaired) electrons. The van der Waals surface area contributed by atoms with E-state index in [1.807, 2.05) is 5.38 Å². The maximum Gasteiger partial charge on any atom is 0.335 e. The molecule has 0 saturated carbocycles. The number of aryl methyl sites for hydroxylation is 1. The number of nitrogens with one attached hydrogen (secondary N) is 1. The molecule has 0 saturated heterocycles. The predicted molar refractivity (Wildman–Crippen MR) is 99.4 cm³/mol. The summed E-state index contributed by atoms with van der Waals surface area (Å²) < 4.78 is 0. The Bertz CT molecular complexity index is 859. The second-order valence-corrected chi connectivity index (χ2v) is 7.32. The lowest BCUT2D eigenvalue weighted by Crippen LogP contribution is -2.35. The average Bonchev–Trinajstić information content (AvgIpc) is 3.07. The van der Waals surface area contributed by atoms with Crippen LogP contribution in [0.2, 0.25) is 0 Å². The molecular formula is C19H20N2O4S. The van der Waals surface area contributed by atoms with Crippen LogP contribution >= 0.6 is 11.3 Å². The molecule has 6 nitrogen and oxygen atoms in total. The highest BCUT2D eigenvalue weighted by molar-refractivity contribution is 7.10. The Morgan fingerprint density at radius 1 is 1.23 bits per heavy atom. The summed E-state index contributed by atoms with van der Waals surface area (Å²) in [6.45, 7) is 3.00. The van der Waals surface area contributed by atoms with Crippen LogP contribution in [0.3, 0.4) is 0 Å². The fourth-order valence-electron chi connectivity index (χ4n) is 3.04. The smallest absolute Gasteiger partial charge is 0.335 e. The zero-order valence-corrected chi connectivity index (χ0v) is 15.3. The zero-order chi connectivity index (χ0) is 18.7. The van der Waals surface area contributed by atoms with Gasteiger partial charge in [-0.2, -0.15) is 0 Å². The third-order valence-electron chi connectivity index (χ3n) is 4.47. The Labute approximate surface area is 155 Å². The number of carbonyl (C=O) groups is 3. The topological polar surface area (TPSA) is 86.7 Å². The van der Waals surface area contributed by atoms with Gasteiger partial charge in [0.2, 0.25) is 11.8 Å². The first-order chi connectivity index (χ1) is 12.4. The Hall–Kier alpha value is -2.67. The van der Waals surface area contributed by atoms with Crippen LogP contribution in [-0.4, -0.2) is 34.3 Å². The van der Waals surface area contributed by atoms with Gasteiger partial charge >= 0.3 is 5.97 Å². The molecule has 2 amide bonds. The molecule has 3 rings (SSSR count). The Kier molecular flexibility index (Phi) is 5.37. The van der Waals surface area contributed by atoms with E-state index in [0.717, 1.165) is 6.42 Å². The van der Waals surface area contributed by atoms with Crippen molar-refractivity contribution in [2.24, 2.45) is 0 Å². The lowest BCUT2D eigenvalue weighted by Gasteiger charge is -2.27. The summed E-state index contributed by atoms with van der Waals surface area (Å²) >= 11 is 1.72. The van der Waals surface area contributed by atoms with Crippen LogP contribution in [0.4, 0.5) is 5.69 Å². The maximum atomic E-state index is 12.3. The molecule has 2 heterocycles. The first kappa shape index (κ1) is 18.1. The number of rotatable bonds is 5. The van der Waals surface area contributed by atoms with Crippen molar-refractivity contribution in [3.05, 3.63) is 51.2 Å². The minimum Gasteiger partial charge on any atom is -0.478 e. The average molecular weight is 372 g/mol. The zero-order valence-electron chi connectivity index (χ0n) is 14.4. The van der Waals surface area contributed by atoms with Crippen LogP contribution in [-0.2, 0) is 22.6 Å². The van der Waals surface area contributed by atoms with Gasteiger partial charge in [0, 0.05) is 36.5 Å². The summed E-state index contributed by atoms with van der Waals surface area (Å²) in [6.07, 6.45) is 1.14. The molecule has 1 aromatic heterocycles. The van der Waals surface area contributed by atoms with Crippen molar-refractivity contribution in [2.45, 2.75) is 32.7 Å². The van der Waals surface area contributed by atoms with Crippen molar-refractivity contribution in [3.8, 4) is 0 Å². The van der Waals surface area contributed by atoms with Gasteiger partial charge in [-0.25, -0.2) is 4.79 Å². The summed E-state index contributed by atoms with van der Waals surface area (Å²) in [5, 5.41) is 13.8. The van der Waals surface area contributed by atoms with Gasteiger partial charge in [-0.1, -0.05) is 0 Å². The number of anilines is 1. The number of benzene rings is 1. The van der Waals surface area contributed by atoms with E-state index in [-0.39, 0.29) is 30.2 Å². The summed E-state index contributed by atoms with van der Waals surface area (Å²) in [5.74, 6) is -1.27. The number of carbonyl (C=O) groups excluding carboxylic acids is 2. The lowest BCUT2D eigenvalue weighted by atomic mass is 10.1. The van der Waals surface area contributed by atoms with Gasteiger partial charge in [0.15, 0.2) is 0 Å². The van der Waals surface area contributed by atoms with Crippen molar-refractivity contribution in [1.82, 2.24) is 4.90 Å². The molecule has 2 N–H and O–H groups in total. The molecule has 0 unspecified atom stereocenters. The molecule has 1 aliphatic rings. The molecule has 1 aromatic carbocycles. The highest BCUT2D eigenvalue weighted by Gasteiger charge is 2.21. The van der Waals surface area contributed by atoms with Gasteiger partial charge in [0.05, 0.1) is 5.56 Å². The number of carboxylic acid groups (broad SMARTS) is 1. The van der Waals surface area contributed by atoms with Crippen LogP contribution in [0.15, 0.2) is 29.6 Å². The molecule has 0 spiro atoms. The van der Waals surface area contributed by atoms with E-state index in [4.69, 9.17) is 5.11 Å². The van der Waals surface area contributed by atoms with Crippen molar-refractivity contribution < 1.29 is 19.5 Å². The number of hydrogen-bond donors (Lipinski definition) is 2. The second-order valence-electron chi connectivity index (χ2n) is 6.32. The number of nitrogens with zero attached hydrogens (tertiary/aromatic N) is 1. The number of fused-ring (bicyclic) bond motifs is 1. The lowest BCUT2D eigenvalue weighted by molar-refractivity contribution is -0.133. The fourth-order valence-corrected chi connectivity index (χ4v) is 3.93. The minimum absolute atomic E-state index is 0.0191. The summed E-state index contributed by atoms with van der Waals surface area (Å²) in [6, 6.07) is 6.69. The SMILES string of the molecule is Cc1cc(NC(=O)CCC(=O)N2CCc3sccc3C2)ccc1C(=O)O. The van der Waals surface area contributed by atoms with E-state index in [0.29, 0.717) is 24.3 Å². The molecule has 0 aliphatic carbocycles. The monoisotopic (exact) mass is 372 g/mol. The van der Waals surface area contributed by atoms with E-state index in [2.05, 4.69) is 11.4 Å². The first-order valence-electron chi connectivity index (χ1n) is 8.41. The predicted octanol–water partition coefficient (Wildman–Crippen LogP) is 3.06. The molecule has 7 heteroatoms. The van der Waals surface area contributed by atoms with Gasteiger partial charge in [0.25, 0.3) is 0 Å². The van der Waals surface area contributed by atoms with E-state index < -0.39 is 5.97 Å². The van der Waals surface area contributed by atoms with E-state index >= 15 is 0 Å². The number of thiophene rings is 1. The molecule has 1 aliphatic heterocycles. The van der Waals surface area contributed by atoms with Crippen molar-refractivity contribution in [2.75, 3.05) is 11.9 Å². The first-order valence-corrected chi connectivity index (χ1v) is 9.29. The van der Waals surface area contributed by atoms with E-state index in [1.54, 1.807) is 35.3 Å². The maximum absolute atomic E-state index is 12.3. The van der Waals surface area contributed by atoms with Gasteiger partial charge < -0.3 is 15.3 Å². The molecular weight excluding hydrogens is 352 g/mol. The standard InChI is InChI=1S/C19H20N2O4S/c1-12-10-14(2-3-15(12)19(24)25)20-17(22)4-5-18(23)21-8-6-16-13(11-21)7-9-26-16/h2-3,7,9-10H,4-6,8,11H2,1H3,(H,20,22)(H,24,25). The normalized spacial score (nSPS) is 13.2. The number of amides is 2. The number of carboxylic acids is 1. The van der Waals surface area contributed by atoms with Gasteiger partial charge in [0.1, 0.15) is 0 Å². The molecule has 26 heavy (non-hydrogen) atoms. The van der Waals surface area contributed by atoms with E-state index in [1.165, 1.54) is 16.5 Å². The van der Waals surface area contributed by atoms with Gasteiger partial charge in [-0.15, -0.1) is 11.3 Å². The van der Waals surface area contributed by atoms with Crippen molar-refractivity contribution >= 4 is 34.8 Å². The largest absolute Gasteiger partial charge is 0.478 e. The van der Waals surface area contributed by atoms with Crippen LogP contribution in [0.25, 0.3) is 0 Å². The Morgan fingerprint density at radius 3 is 2.77 bits per heavy atom.